The minimum Gasteiger partial charge on any atom is -0.501 e. The molecule has 0 saturated heterocycles. The number of hydrogen-bond acceptors (Lipinski definition) is 5. The van der Waals surface area contributed by atoms with Crippen LogP contribution in [0.1, 0.15) is 21.9 Å². The summed E-state index contributed by atoms with van der Waals surface area (Å²) in [6, 6.07) is 9.65. The number of aromatic hydroxyl groups is 2. The fourth-order valence-electron chi connectivity index (χ4n) is 1.67. The van der Waals surface area contributed by atoms with Gasteiger partial charge in [0.1, 0.15) is 5.82 Å². The van der Waals surface area contributed by atoms with Crippen LogP contribution in [0.4, 0.5) is 0 Å². The van der Waals surface area contributed by atoms with Gasteiger partial charge in [0.05, 0.1) is 0 Å². The molecule has 0 aliphatic carbocycles. The number of amides is 1. The molecule has 0 radical (unpaired) electrons. The fourth-order valence-corrected chi connectivity index (χ4v) is 1.67. The fraction of sp³-hybridized carbons (Fsp3) is 0.154. The average molecular weight is 259 g/mol. The first-order chi connectivity index (χ1) is 9.08. The number of hydrogen-bond donors (Lipinski definition) is 3. The van der Waals surface area contributed by atoms with Gasteiger partial charge in [-0.25, -0.2) is 4.98 Å². The molecule has 19 heavy (non-hydrogen) atoms. The third-order valence-corrected chi connectivity index (χ3v) is 2.63. The maximum atomic E-state index is 11.1. The van der Waals surface area contributed by atoms with Gasteiger partial charge in [-0.05, 0) is 12.0 Å². The number of primary amides is 1. The molecule has 0 atom stereocenters. The molecule has 6 heteroatoms. The van der Waals surface area contributed by atoms with Gasteiger partial charge in [0.2, 0.25) is 5.75 Å². The molecule has 1 heterocycles. The summed E-state index contributed by atoms with van der Waals surface area (Å²) in [5, 5.41) is 18.8. The summed E-state index contributed by atoms with van der Waals surface area (Å²) in [4.78, 5) is 18.6. The Morgan fingerprint density at radius 1 is 1.11 bits per heavy atom. The highest BCUT2D eigenvalue weighted by atomic mass is 16.3. The van der Waals surface area contributed by atoms with E-state index in [1.54, 1.807) is 0 Å². The molecular weight excluding hydrogens is 246 g/mol. The second kappa shape index (κ2) is 5.34. The second-order valence-corrected chi connectivity index (χ2v) is 4.01. The van der Waals surface area contributed by atoms with Crippen molar-refractivity contribution in [2.45, 2.75) is 12.8 Å². The number of carbonyl (C=O) groups excluding carboxylic acids is 1. The molecule has 2 rings (SSSR count). The minimum absolute atomic E-state index is 0.257. The first kappa shape index (κ1) is 12.8. The Bertz CT molecular complexity index is 600. The molecule has 0 bridgehead atoms. The third kappa shape index (κ3) is 2.98. The van der Waals surface area contributed by atoms with Crippen molar-refractivity contribution in [2.75, 3.05) is 0 Å². The van der Waals surface area contributed by atoms with E-state index in [0.29, 0.717) is 12.8 Å². The lowest BCUT2D eigenvalue weighted by Gasteiger charge is -2.05. The number of aryl methyl sites for hydroxylation is 2. The second-order valence-electron chi connectivity index (χ2n) is 4.01. The Morgan fingerprint density at radius 3 is 2.42 bits per heavy atom. The maximum Gasteiger partial charge on any atom is 0.271 e. The molecule has 0 spiro atoms. The van der Waals surface area contributed by atoms with E-state index in [1.807, 2.05) is 30.3 Å². The quantitative estimate of drug-likeness (QED) is 0.751. The van der Waals surface area contributed by atoms with Gasteiger partial charge in [0, 0.05) is 6.42 Å². The van der Waals surface area contributed by atoms with Crippen LogP contribution in [0.15, 0.2) is 30.3 Å². The van der Waals surface area contributed by atoms with Crippen LogP contribution < -0.4 is 5.73 Å². The third-order valence-electron chi connectivity index (χ3n) is 2.63. The molecule has 1 aromatic heterocycles. The molecule has 4 N–H and O–H groups in total. The number of benzene rings is 1. The van der Waals surface area contributed by atoms with Gasteiger partial charge in [-0.2, -0.15) is 4.98 Å². The van der Waals surface area contributed by atoms with E-state index < -0.39 is 17.5 Å². The van der Waals surface area contributed by atoms with Crippen LogP contribution in [0.25, 0.3) is 0 Å². The highest BCUT2D eigenvalue weighted by Crippen LogP contribution is 2.25. The van der Waals surface area contributed by atoms with Crippen LogP contribution in [0.2, 0.25) is 0 Å². The van der Waals surface area contributed by atoms with E-state index in [0.717, 1.165) is 5.56 Å². The van der Waals surface area contributed by atoms with Crippen LogP contribution in [0, 0.1) is 0 Å². The normalized spacial score (nSPS) is 10.3. The molecular formula is C13H13N3O3. The zero-order valence-electron chi connectivity index (χ0n) is 10.1. The number of nitrogens with zero attached hydrogens (tertiary/aromatic N) is 2. The zero-order chi connectivity index (χ0) is 13.8. The van der Waals surface area contributed by atoms with Crippen molar-refractivity contribution >= 4 is 5.91 Å². The van der Waals surface area contributed by atoms with Gasteiger partial charge in [0.25, 0.3) is 11.8 Å². The Hall–Kier alpha value is -2.63. The van der Waals surface area contributed by atoms with Crippen molar-refractivity contribution in [2.24, 2.45) is 5.73 Å². The van der Waals surface area contributed by atoms with Gasteiger partial charge in [-0.3, -0.25) is 4.79 Å². The molecule has 6 nitrogen and oxygen atoms in total. The number of rotatable bonds is 4. The lowest BCUT2D eigenvalue weighted by molar-refractivity contribution is 0.0991. The topological polar surface area (TPSA) is 109 Å². The number of aromatic nitrogens is 2. The highest BCUT2D eigenvalue weighted by molar-refractivity contribution is 5.93. The van der Waals surface area contributed by atoms with E-state index in [-0.39, 0.29) is 11.5 Å². The summed E-state index contributed by atoms with van der Waals surface area (Å²) >= 11 is 0. The van der Waals surface area contributed by atoms with E-state index in [9.17, 15) is 15.0 Å². The first-order valence-corrected chi connectivity index (χ1v) is 5.70. The lowest BCUT2D eigenvalue weighted by Crippen LogP contribution is -2.15. The Labute approximate surface area is 109 Å². The summed E-state index contributed by atoms with van der Waals surface area (Å²) in [7, 11) is 0. The summed E-state index contributed by atoms with van der Waals surface area (Å²) in [5.74, 6) is -1.97. The van der Waals surface area contributed by atoms with Crippen LogP contribution in [0.5, 0.6) is 11.6 Å². The summed E-state index contributed by atoms with van der Waals surface area (Å²) in [6.45, 7) is 0. The van der Waals surface area contributed by atoms with Gasteiger partial charge in [0.15, 0.2) is 5.69 Å². The largest absolute Gasteiger partial charge is 0.501 e. The summed E-state index contributed by atoms with van der Waals surface area (Å²) in [5.41, 5.74) is 5.78. The standard InChI is InChI=1S/C13H13N3O3/c14-12(18)10-11(17)13(19)16-9(15-10)7-6-8-4-2-1-3-5-8/h1-5,17H,6-7H2,(H2,14,18)(H,15,16,19). The monoisotopic (exact) mass is 259 g/mol. The molecule has 1 aromatic carbocycles. The average Bonchev–Trinajstić information content (AvgIpc) is 2.41. The van der Waals surface area contributed by atoms with Crippen LogP contribution in [0.3, 0.4) is 0 Å². The minimum atomic E-state index is -0.906. The Kier molecular flexibility index (Phi) is 3.61. The van der Waals surface area contributed by atoms with Crippen molar-refractivity contribution in [3.05, 3.63) is 47.4 Å². The van der Waals surface area contributed by atoms with Gasteiger partial charge >= 0.3 is 0 Å². The van der Waals surface area contributed by atoms with Crippen LogP contribution >= 0.6 is 0 Å². The van der Waals surface area contributed by atoms with Crippen LogP contribution in [-0.4, -0.2) is 26.1 Å². The van der Waals surface area contributed by atoms with Crippen LogP contribution in [-0.2, 0) is 12.8 Å². The smallest absolute Gasteiger partial charge is 0.271 e. The number of nitrogens with two attached hydrogens (primary N) is 1. The van der Waals surface area contributed by atoms with Gasteiger partial charge < -0.3 is 15.9 Å². The van der Waals surface area contributed by atoms with Crippen molar-refractivity contribution in [1.29, 1.82) is 0 Å². The maximum absolute atomic E-state index is 11.1. The molecule has 1 amide bonds. The van der Waals surface area contributed by atoms with E-state index >= 15 is 0 Å². The molecule has 0 aliphatic rings. The molecule has 0 fully saturated rings. The van der Waals surface area contributed by atoms with Crippen molar-refractivity contribution < 1.29 is 15.0 Å². The van der Waals surface area contributed by atoms with Gasteiger partial charge in [-0.15, -0.1) is 0 Å². The predicted molar refractivity (Wildman–Crippen MR) is 67.7 cm³/mol. The van der Waals surface area contributed by atoms with E-state index in [1.165, 1.54) is 0 Å². The van der Waals surface area contributed by atoms with Gasteiger partial charge in [-0.1, -0.05) is 30.3 Å². The lowest BCUT2D eigenvalue weighted by atomic mass is 10.1. The Morgan fingerprint density at radius 2 is 1.79 bits per heavy atom. The molecule has 0 aliphatic heterocycles. The first-order valence-electron chi connectivity index (χ1n) is 5.70. The molecule has 0 unspecified atom stereocenters. The van der Waals surface area contributed by atoms with E-state index in [2.05, 4.69) is 9.97 Å². The van der Waals surface area contributed by atoms with Crippen molar-refractivity contribution in [3.8, 4) is 11.6 Å². The zero-order valence-corrected chi connectivity index (χ0v) is 10.1. The molecule has 2 aromatic rings. The summed E-state index contributed by atoms with van der Waals surface area (Å²) in [6.07, 6.45) is 1.08. The number of carbonyl (C=O) groups is 1. The van der Waals surface area contributed by atoms with E-state index in [4.69, 9.17) is 5.73 Å². The highest BCUT2D eigenvalue weighted by Gasteiger charge is 2.16. The van der Waals surface area contributed by atoms with Crippen molar-refractivity contribution in [3.63, 3.8) is 0 Å². The molecule has 98 valence electrons. The predicted octanol–water partition coefficient (Wildman–Crippen LogP) is 0.772. The SMILES string of the molecule is NC(=O)c1nc(CCc2ccccc2)nc(O)c1O. The summed E-state index contributed by atoms with van der Waals surface area (Å²) < 4.78 is 0. The molecule has 0 saturated carbocycles. The van der Waals surface area contributed by atoms with Crippen molar-refractivity contribution in [1.82, 2.24) is 9.97 Å². The Balaban J connectivity index is 2.19.